The number of halogens is 1. The molecule has 2 aliphatic rings. The predicted molar refractivity (Wildman–Crippen MR) is 121 cm³/mol. The monoisotopic (exact) mass is 444 g/mol. The molecule has 1 unspecified atom stereocenters. The van der Waals surface area contributed by atoms with Crippen LogP contribution in [-0.2, 0) is 4.79 Å². The van der Waals surface area contributed by atoms with Gasteiger partial charge in [-0.25, -0.2) is 9.48 Å². The zero-order chi connectivity index (χ0) is 21.8. The number of hydrogen-bond acceptors (Lipinski definition) is 4. The number of amides is 3. The first-order valence-corrected chi connectivity index (χ1v) is 11.3. The Morgan fingerprint density at radius 2 is 1.81 bits per heavy atom. The van der Waals surface area contributed by atoms with Crippen molar-refractivity contribution in [2.24, 2.45) is 0 Å². The average Bonchev–Trinajstić information content (AvgIpc) is 3.23. The highest BCUT2D eigenvalue weighted by molar-refractivity contribution is 6.33. The molecule has 1 atom stereocenters. The summed E-state index contributed by atoms with van der Waals surface area (Å²) in [6.45, 7) is 2.41. The lowest BCUT2D eigenvalue weighted by atomic mass is 9.99. The molecule has 1 aromatic heterocycles. The number of carbonyl (C=O) groups is 2. The minimum Gasteiger partial charge on any atom is -0.341 e. The molecule has 2 N–H and O–H groups in total. The second-order valence-electron chi connectivity index (χ2n) is 8.27. The summed E-state index contributed by atoms with van der Waals surface area (Å²) in [5.74, 6) is 0.875. The first-order valence-electron chi connectivity index (χ1n) is 10.9. The van der Waals surface area contributed by atoms with Crippen LogP contribution >= 0.6 is 11.6 Å². The predicted octanol–water partition coefficient (Wildman–Crippen LogP) is 3.83. The van der Waals surface area contributed by atoms with E-state index in [2.05, 4.69) is 20.6 Å². The van der Waals surface area contributed by atoms with E-state index in [1.807, 2.05) is 28.8 Å². The van der Waals surface area contributed by atoms with Crippen LogP contribution in [0.3, 0.4) is 0 Å². The second kappa shape index (κ2) is 9.70. The first kappa shape index (κ1) is 21.6. The smallest absolute Gasteiger partial charge is 0.324 e. The second-order valence-corrected chi connectivity index (χ2v) is 8.68. The molecular weight excluding hydrogens is 416 g/mol. The van der Waals surface area contributed by atoms with Gasteiger partial charge in [0.1, 0.15) is 5.82 Å². The Kier molecular flexibility index (Phi) is 6.77. The summed E-state index contributed by atoms with van der Waals surface area (Å²) in [7, 11) is 2.05. The van der Waals surface area contributed by atoms with Crippen LogP contribution in [0.5, 0.6) is 0 Å². The molecule has 3 amide bonds. The average molecular weight is 445 g/mol. The van der Waals surface area contributed by atoms with E-state index in [0.29, 0.717) is 29.6 Å². The molecule has 2 fully saturated rings. The molecule has 0 saturated carbocycles. The van der Waals surface area contributed by atoms with Gasteiger partial charge in [0.2, 0.25) is 5.91 Å². The Bertz CT molecular complexity index is 924. The minimum atomic E-state index is -0.372. The van der Waals surface area contributed by atoms with E-state index >= 15 is 0 Å². The van der Waals surface area contributed by atoms with Gasteiger partial charge in [-0.15, -0.1) is 0 Å². The van der Waals surface area contributed by atoms with Gasteiger partial charge in [-0.1, -0.05) is 30.2 Å². The van der Waals surface area contributed by atoms with Gasteiger partial charge in [0.25, 0.3) is 0 Å². The maximum absolute atomic E-state index is 13.0. The summed E-state index contributed by atoms with van der Waals surface area (Å²) in [6.07, 6.45) is 6.54. The van der Waals surface area contributed by atoms with Gasteiger partial charge in [0, 0.05) is 19.2 Å². The van der Waals surface area contributed by atoms with Crippen LogP contribution < -0.4 is 10.6 Å². The number of nitrogens with zero attached hydrogens (tertiary/aromatic N) is 4. The van der Waals surface area contributed by atoms with Crippen molar-refractivity contribution in [3.8, 4) is 0 Å². The van der Waals surface area contributed by atoms with Crippen molar-refractivity contribution in [1.29, 1.82) is 0 Å². The van der Waals surface area contributed by atoms with Gasteiger partial charge in [-0.05, 0) is 51.4 Å². The van der Waals surface area contributed by atoms with Gasteiger partial charge in [0.05, 0.1) is 29.0 Å². The molecular formula is C22H29ClN6O2. The van der Waals surface area contributed by atoms with Gasteiger partial charge in [-0.3, -0.25) is 15.0 Å². The Labute approximate surface area is 187 Å². The highest BCUT2D eigenvalue weighted by atomic mass is 35.5. The van der Waals surface area contributed by atoms with E-state index in [1.165, 1.54) is 6.42 Å². The number of likely N-dealkylation sites (tertiary alicyclic amines) is 2. The summed E-state index contributed by atoms with van der Waals surface area (Å²) >= 11 is 6.11. The standard InChI is InChI=1S/C22H29ClN6O2/c1-27-13-5-4-8-19(27)21(30)28-14-10-16(11-15-28)29-20(9-12-24-29)26-22(31)25-18-7-3-2-6-17(18)23/h2-3,6-7,9,12,16,19H,4-5,8,10-11,13-15H2,1H3,(H2,25,26,31). The Morgan fingerprint density at radius 3 is 2.55 bits per heavy atom. The first-order chi connectivity index (χ1) is 15.0. The molecule has 0 aliphatic carbocycles. The van der Waals surface area contributed by atoms with Crippen LogP contribution in [0.4, 0.5) is 16.3 Å². The third-order valence-corrected chi connectivity index (χ3v) is 6.54. The fourth-order valence-electron chi connectivity index (χ4n) is 4.47. The number of rotatable bonds is 4. The van der Waals surface area contributed by atoms with E-state index in [9.17, 15) is 9.59 Å². The van der Waals surface area contributed by atoms with Crippen LogP contribution in [0.15, 0.2) is 36.5 Å². The van der Waals surface area contributed by atoms with Crippen molar-refractivity contribution in [2.75, 3.05) is 37.3 Å². The maximum atomic E-state index is 13.0. The van der Waals surface area contributed by atoms with E-state index in [4.69, 9.17) is 11.6 Å². The number of likely N-dealkylation sites (N-methyl/N-ethyl adjacent to an activating group) is 1. The van der Waals surface area contributed by atoms with E-state index in [1.54, 1.807) is 24.4 Å². The topological polar surface area (TPSA) is 82.5 Å². The lowest BCUT2D eigenvalue weighted by Gasteiger charge is -2.38. The molecule has 0 bridgehead atoms. The molecule has 2 aliphatic heterocycles. The number of aromatic nitrogens is 2. The molecule has 4 rings (SSSR count). The molecule has 9 heteroatoms. The quantitative estimate of drug-likeness (QED) is 0.750. The summed E-state index contributed by atoms with van der Waals surface area (Å²) in [6, 6.07) is 8.65. The number of benzene rings is 1. The number of hydrogen-bond donors (Lipinski definition) is 2. The van der Waals surface area contributed by atoms with Crippen molar-refractivity contribution in [3.05, 3.63) is 41.6 Å². The molecule has 31 heavy (non-hydrogen) atoms. The Balaban J connectivity index is 1.34. The summed E-state index contributed by atoms with van der Waals surface area (Å²) < 4.78 is 1.85. The van der Waals surface area contributed by atoms with Crippen molar-refractivity contribution < 1.29 is 9.59 Å². The number of para-hydroxylation sites is 1. The molecule has 0 spiro atoms. The fourth-order valence-corrected chi connectivity index (χ4v) is 4.65. The third kappa shape index (κ3) is 5.02. The van der Waals surface area contributed by atoms with Crippen molar-refractivity contribution in [1.82, 2.24) is 19.6 Å². The number of urea groups is 1. The SMILES string of the molecule is CN1CCCCC1C(=O)N1CCC(n2nccc2NC(=O)Nc2ccccc2Cl)CC1. The van der Waals surface area contributed by atoms with Crippen LogP contribution in [-0.4, -0.2) is 64.2 Å². The zero-order valence-electron chi connectivity index (χ0n) is 17.8. The van der Waals surface area contributed by atoms with E-state index in [-0.39, 0.29) is 24.0 Å². The summed E-state index contributed by atoms with van der Waals surface area (Å²) in [5, 5.41) is 10.5. The van der Waals surface area contributed by atoms with E-state index < -0.39 is 0 Å². The number of nitrogens with one attached hydrogen (secondary N) is 2. The third-order valence-electron chi connectivity index (χ3n) is 6.21. The molecule has 0 radical (unpaired) electrons. The Morgan fingerprint density at radius 1 is 1.03 bits per heavy atom. The lowest BCUT2D eigenvalue weighted by Crippen LogP contribution is -2.51. The molecule has 166 valence electrons. The van der Waals surface area contributed by atoms with E-state index in [0.717, 1.165) is 32.2 Å². The zero-order valence-corrected chi connectivity index (χ0v) is 18.5. The van der Waals surface area contributed by atoms with Crippen LogP contribution in [0.2, 0.25) is 5.02 Å². The van der Waals surface area contributed by atoms with Crippen LogP contribution in [0.1, 0.15) is 38.1 Å². The Hall–Kier alpha value is -2.58. The van der Waals surface area contributed by atoms with Gasteiger partial charge in [-0.2, -0.15) is 5.10 Å². The molecule has 1 aromatic carbocycles. The summed E-state index contributed by atoms with van der Waals surface area (Å²) in [4.78, 5) is 29.6. The van der Waals surface area contributed by atoms with Crippen molar-refractivity contribution in [2.45, 2.75) is 44.2 Å². The van der Waals surface area contributed by atoms with Gasteiger partial charge < -0.3 is 10.2 Å². The molecule has 2 saturated heterocycles. The number of anilines is 2. The number of carbonyl (C=O) groups excluding carboxylic acids is 2. The highest BCUT2D eigenvalue weighted by Crippen LogP contribution is 2.27. The lowest BCUT2D eigenvalue weighted by molar-refractivity contribution is -0.139. The minimum absolute atomic E-state index is 0.0146. The molecule has 2 aromatic rings. The normalized spacial score (nSPS) is 20.5. The van der Waals surface area contributed by atoms with Crippen LogP contribution in [0, 0.1) is 0 Å². The largest absolute Gasteiger partial charge is 0.341 e. The van der Waals surface area contributed by atoms with Gasteiger partial charge in [0.15, 0.2) is 0 Å². The van der Waals surface area contributed by atoms with Crippen LogP contribution in [0.25, 0.3) is 0 Å². The fraction of sp³-hybridized carbons (Fsp3) is 0.500. The van der Waals surface area contributed by atoms with Crippen molar-refractivity contribution in [3.63, 3.8) is 0 Å². The van der Waals surface area contributed by atoms with Gasteiger partial charge >= 0.3 is 6.03 Å². The molecule has 3 heterocycles. The maximum Gasteiger partial charge on any atom is 0.324 e. The number of piperidine rings is 2. The van der Waals surface area contributed by atoms with Crippen molar-refractivity contribution >= 4 is 35.0 Å². The highest BCUT2D eigenvalue weighted by Gasteiger charge is 2.32. The molecule has 8 nitrogen and oxygen atoms in total. The summed E-state index contributed by atoms with van der Waals surface area (Å²) in [5.41, 5.74) is 0.548.